The van der Waals surface area contributed by atoms with Gasteiger partial charge in [0.05, 0.1) is 12.5 Å². The van der Waals surface area contributed by atoms with Gasteiger partial charge in [-0.25, -0.2) is 0 Å². The average molecular weight is 125 g/mol. The van der Waals surface area contributed by atoms with Crippen molar-refractivity contribution in [3.63, 3.8) is 0 Å². The van der Waals surface area contributed by atoms with Gasteiger partial charge in [-0.05, 0) is 0 Å². The van der Waals surface area contributed by atoms with E-state index in [1.807, 2.05) is 0 Å². The summed E-state index contributed by atoms with van der Waals surface area (Å²) in [5, 5.41) is 8.15. The Labute approximate surface area is 51.0 Å². The Morgan fingerprint density at radius 2 is 2.33 bits per heavy atom. The number of nitriles is 1. The molecule has 0 aromatic heterocycles. The molecule has 0 aromatic carbocycles. The van der Waals surface area contributed by atoms with Crippen LogP contribution in [0.15, 0.2) is 0 Å². The lowest BCUT2D eigenvalue weighted by Gasteiger charge is -1.84. The third-order valence-electron chi connectivity index (χ3n) is 1.03. The second kappa shape index (κ2) is 1.86. The van der Waals surface area contributed by atoms with Gasteiger partial charge in [0.15, 0.2) is 5.92 Å². The maximum atomic E-state index is 10.4. The zero-order chi connectivity index (χ0) is 6.85. The summed E-state index contributed by atoms with van der Waals surface area (Å²) in [5.41, 5.74) is 0. The lowest BCUT2D eigenvalue weighted by Crippen LogP contribution is -2.03. The minimum atomic E-state index is -0.863. The third kappa shape index (κ3) is 0.891. The van der Waals surface area contributed by atoms with E-state index in [4.69, 9.17) is 5.26 Å². The minimum Gasteiger partial charge on any atom is -0.392 e. The zero-order valence-electron chi connectivity index (χ0n) is 4.46. The van der Waals surface area contributed by atoms with Crippen molar-refractivity contribution in [2.45, 2.75) is 6.42 Å². The van der Waals surface area contributed by atoms with Crippen molar-refractivity contribution in [1.82, 2.24) is 0 Å². The highest BCUT2D eigenvalue weighted by Gasteiger charge is 2.32. The minimum absolute atomic E-state index is 0.0880. The average Bonchev–Trinajstić information content (AvgIpc) is 2.10. The highest BCUT2D eigenvalue weighted by molar-refractivity contribution is 5.96. The van der Waals surface area contributed by atoms with Gasteiger partial charge in [-0.1, -0.05) is 0 Å². The van der Waals surface area contributed by atoms with Gasteiger partial charge >= 0.3 is 11.9 Å². The molecule has 1 fully saturated rings. The zero-order valence-corrected chi connectivity index (χ0v) is 4.46. The van der Waals surface area contributed by atoms with Crippen LogP contribution in [0, 0.1) is 17.2 Å². The molecule has 1 aliphatic rings. The molecule has 9 heavy (non-hydrogen) atoms. The molecule has 0 amide bonds. The van der Waals surface area contributed by atoms with Crippen LogP contribution in [-0.2, 0) is 14.3 Å². The molecule has 1 saturated heterocycles. The number of nitrogens with zero attached hydrogens (tertiary/aromatic N) is 1. The number of cyclic esters (lactones) is 2. The summed E-state index contributed by atoms with van der Waals surface area (Å²) in [6.07, 6.45) is -0.0880. The summed E-state index contributed by atoms with van der Waals surface area (Å²) >= 11 is 0. The van der Waals surface area contributed by atoms with Crippen LogP contribution in [0.1, 0.15) is 6.42 Å². The molecule has 1 rings (SSSR count). The molecule has 0 unspecified atom stereocenters. The first kappa shape index (κ1) is 5.76. The molecule has 0 saturated carbocycles. The molecule has 0 spiro atoms. The topological polar surface area (TPSA) is 67.2 Å². The Kier molecular flexibility index (Phi) is 1.19. The first-order valence-electron chi connectivity index (χ1n) is 2.38. The van der Waals surface area contributed by atoms with Gasteiger partial charge in [0.1, 0.15) is 0 Å². The number of esters is 2. The second-order valence-electron chi connectivity index (χ2n) is 1.68. The molecule has 1 heterocycles. The van der Waals surface area contributed by atoms with E-state index < -0.39 is 17.9 Å². The number of ether oxygens (including phenoxy) is 1. The monoisotopic (exact) mass is 125 g/mol. The fourth-order valence-corrected chi connectivity index (χ4v) is 0.573. The number of hydrogen-bond acceptors (Lipinski definition) is 4. The molecular weight excluding hydrogens is 122 g/mol. The molecule has 0 bridgehead atoms. The van der Waals surface area contributed by atoms with Crippen molar-refractivity contribution < 1.29 is 14.3 Å². The fourth-order valence-electron chi connectivity index (χ4n) is 0.573. The molecule has 1 atom stereocenters. The van der Waals surface area contributed by atoms with Crippen LogP contribution in [0.3, 0.4) is 0 Å². The molecule has 0 N–H and O–H groups in total. The van der Waals surface area contributed by atoms with E-state index in [0.29, 0.717) is 0 Å². The summed E-state index contributed by atoms with van der Waals surface area (Å²) in [7, 11) is 0. The van der Waals surface area contributed by atoms with Gasteiger partial charge in [0.25, 0.3) is 0 Å². The molecule has 0 aromatic rings. The molecule has 0 aliphatic carbocycles. The SMILES string of the molecule is N#C[C@H]1CC(=O)OC1=O. The van der Waals surface area contributed by atoms with Crippen molar-refractivity contribution >= 4 is 11.9 Å². The molecule has 4 heteroatoms. The van der Waals surface area contributed by atoms with E-state index in [9.17, 15) is 9.59 Å². The van der Waals surface area contributed by atoms with E-state index in [2.05, 4.69) is 4.74 Å². The molecule has 1 aliphatic heterocycles. The quantitative estimate of drug-likeness (QED) is 0.326. The highest BCUT2D eigenvalue weighted by atomic mass is 16.6. The van der Waals surface area contributed by atoms with Crippen molar-refractivity contribution in [2.24, 2.45) is 5.92 Å². The van der Waals surface area contributed by atoms with E-state index in [1.54, 1.807) is 6.07 Å². The molecule has 4 nitrogen and oxygen atoms in total. The lowest BCUT2D eigenvalue weighted by molar-refractivity contribution is -0.152. The van der Waals surface area contributed by atoms with Gasteiger partial charge in [-0.3, -0.25) is 9.59 Å². The van der Waals surface area contributed by atoms with Crippen LogP contribution in [0.2, 0.25) is 0 Å². The number of carbonyl (C=O) groups is 2. The van der Waals surface area contributed by atoms with E-state index >= 15 is 0 Å². The fraction of sp³-hybridized carbons (Fsp3) is 0.400. The summed E-state index contributed by atoms with van der Waals surface area (Å²) < 4.78 is 4.06. The Balaban J connectivity index is 2.72. The summed E-state index contributed by atoms with van der Waals surface area (Å²) in [6, 6.07) is 1.65. The standard InChI is InChI=1S/C5H3NO3/c6-2-3-1-4(7)9-5(3)8/h3H,1H2/t3-/m1/s1. The third-order valence-corrected chi connectivity index (χ3v) is 1.03. The highest BCUT2D eigenvalue weighted by Crippen LogP contribution is 2.13. The summed E-state index contributed by atoms with van der Waals surface area (Å²) in [5.74, 6) is -2.19. The number of carbonyl (C=O) groups excluding carboxylic acids is 2. The number of rotatable bonds is 0. The van der Waals surface area contributed by atoms with Crippen LogP contribution in [0.5, 0.6) is 0 Å². The molecule has 46 valence electrons. The lowest BCUT2D eigenvalue weighted by atomic mass is 10.1. The largest absolute Gasteiger partial charge is 0.392 e. The summed E-state index contributed by atoms with van der Waals surface area (Å²) in [4.78, 5) is 20.6. The summed E-state index contributed by atoms with van der Waals surface area (Å²) in [6.45, 7) is 0. The first-order valence-corrected chi connectivity index (χ1v) is 2.38. The molecular formula is C5H3NO3. The maximum Gasteiger partial charge on any atom is 0.331 e. The van der Waals surface area contributed by atoms with Gasteiger partial charge in [0.2, 0.25) is 0 Å². The Morgan fingerprint density at radius 3 is 2.56 bits per heavy atom. The maximum absolute atomic E-state index is 10.4. The van der Waals surface area contributed by atoms with Gasteiger partial charge in [-0.2, -0.15) is 5.26 Å². The van der Waals surface area contributed by atoms with E-state index in [-0.39, 0.29) is 6.42 Å². The predicted molar refractivity (Wildman–Crippen MR) is 24.8 cm³/mol. The first-order chi connectivity index (χ1) is 4.24. The van der Waals surface area contributed by atoms with Crippen molar-refractivity contribution in [3.8, 4) is 6.07 Å². The second-order valence-corrected chi connectivity index (χ2v) is 1.68. The van der Waals surface area contributed by atoms with Crippen molar-refractivity contribution in [2.75, 3.05) is 0 Å². The van der Waals surface area contributed by atoms with Gasteiger partial charge in [-0.15, -0.1) is 0 Å². The predicted octanol–water partition coefficient (Wildman–Crippen LogP) is -0.400. The van der Waals surface area contributed by atoms with Gasteiger partial charge < -0.3 is 4.74 Å². The van der Waals surface area contributed by atoms with E-state index in [0.717, 1.165) is 0 Å². The molecule has 0 radical (unpaired) electrons. The van der Waals surface area contributed by atoms with Crippen LogP contribution >= 0.6 is 0 Å². The van der Waals surface area contributed by atoms with Crippen LogP contribution in [0.25, 0.3) is 0 Å². The Bertz CT molecular complexity index is 203. The smallest absolute Gasteiger partial charge is 0.331 e. The Hall–Kier alpha value is -1.37. The van der Waals surface area contributed by atoms with Crippen LogP contribution < -0.4 is 0 Å². The van der Waals surface area contributed by atoms with E-state index in [1.165, 1.54) is 0 Å². The van der Waals surface area contributed by atoms with Crippen LogP contribution in [-0.4, -0.2) is 11.9 Å². The normalized spacial score (nSPS) is 25.4. The van der Waals surface area contributed by atoms with Crippen molar-refractivity contribution in [1.29, 1.82) is 5.26 Å². The number of hydrogen-bond donors (Lipinski definition) is 0. The van der Waals surface area contributed by atoms with Gasteiger partial charge in [0, 0.05) is 0 Å². The van der Waals surface area contributed by atoms with Crippen molar-refractivity contribution in [3.05, 3.63) is 0 Å². The van der Waals surface area contributed by atoms with Crippen LogP contribution in [0.4, 0.5) is 0 Å². The Morgan fingerprint density at radius 1 is 1.67 bits per heavy atom.